The molecule has 0 saturated heterocycles. The van der Waals surface area contributed by atoms with Gasteiger partial charge in [0.1, 0.15) is 0 Å². The Kier molecular flexibility index (Phi) is 6.28. The third-order valence-corrected chi connectivity index (χ3v) is 6.53. The largest absolute Gasteiger partial charge is 0.452 e. The lowest BCUT2D eigenvalue weighted by molar-refractivity contribution is -0.125. The second-order valence-electron chi connectivity index (χ2n) is 8.26. The molecule has 2 aromatic rings. The second kappa shape index (κ2) is 8.57. The Morgan fingerprint density at radius 2 is 1.67 bits per heavy atom. The first kappa shape index (κ1) is 22.0. The number of hydrogen-bond donors (Lipinski definition) is 1. The van der Waals surface area contributed by atoms with Crippen LogP contribution in [0.4, 0.5) is 0 Å². The number of esters is 1. The lowest BCUT2D eigenvalue weighted by atomic mass is 10.0. The number of rotatable bonds is 5. The van der Waals surface area contributed by atoms with Gasteiger partial charge in [0, 0.05) is 18.6 Å². The molecule has 7 nitrogen and oxygen atoms in total. The van der Waals surface area contributed by atoms with Crippen molar-refractivity contribution < 1.29 is 22.7 Å². The van der Waals surface area contributed by atoms with Gasteiger partial charge in [-0.15, -0.1) is 0 Å². The van der Waals surface area contributed by atoms with E-state index in [1.165, 1.54) is 28.6 Å². The topological polar surface area (TPSA) is 92.8 Å². The lowest BCUT2D eigenvalue weighted by Crippen LogP contribution is -2.42. The Balaban J connectivity index is 1.65. The molecule has 1 aliphatic heterocycles. The molecule has 2 aromatic carbocycles. The number of ether oxygens (including phenoxy) is 1. The summed E-state index contributed by atoms with van der Waals surface area (Å²) in [5.74, 6) is -1.09. The fourth-order valence-electron chi connectivity index (χ4n) is 3.26. The highest BCUT2D eigenvalue weighted by Gasteiger charge is 2.28. The van der Waals surface area contributed by atoms with E-state index >= 15 is 0 Å². The van der Waals surface area contributed by atoms with Gasteiger partial charge in [-0.3, -0.25) is 4.79 Å². The van der Waals surface area contributed by atoms with Crippen molar-refractivity contribution in [3.8, 4) is 0 Å². The lowest BCUT2D eigenvalue weighted by Gasteiger charge is -2.28. The van der Waals surface area contributed by atoms with Crippen LogP contribution in [0.5, 0.6) is 0 Å². The third kappa shape index (κ3) is 5.25. The van der Waals surface area contributed by atoms with Crippen LogP contribution in [0.25, 0.3) is 0 Å². The zero-order valence-corrected chi connectivity index (χ0v) is 18.2. The van der Waals surface area contributed by atoms with Crippen LogP contribution < -0.4 is 5.32 Å². The number of hydrogen-bond acceptors (Lipinski definition) is 5. The Bertz CT molecular complexity index is 1040. The normalized spacial score (nSPS) is 14.6. The summed E-state index contributed by atoms with van der Waals surface area (Å²) in [5.41, 5.74) is 1.93. The van der Waals surface area contributed by atoms with Gasteiger partial charge >= 0.3 is 5.97 Å². The molecule has 1 N–H and O–H groups in total. The number of fused-ring (bicyclic) bond motifs is 1. The first-order chi connectivity index (χ1) is 14.1. The van der Waals surface area contributed by atoms with Gasteiger partial charge in [0.05, 0.1) is 10.5 Å². The Morgan fingerprint density at radius 1 is 1.03 bits per heavy atom. The summed E-state index contributed by atoms with van der Waals surface area (Å²) in [6, 6.07) is 13.4. The molecule has 0 spiro atoms. The number of carbonyl (C=O) groups excluding carboxylic acids is 2. The van der Waals surface area contributed by atoms with Crippen molar-refractivity contribution in [1.29, 1.82) is 0 Å². The molecular formula is C22H26N2O5S. The van der Waals surface area contributed by atoms with E-state index in [1.807, 2.05) is 45.0 Å². The molecule has 0 aliphatic carbocycles. The van der Waals surface area contributed by atoms with Crippen molar-refractivity contribution in [2.45, 2.75) is 44.2 Å². The maximum atomic E-state index is 13.0. The second-order valence-corrected chi connectivity index (χ2v) is 10.2. The van der Waals surface area contributed by atoms with Crippen molar-refractivity contribution in [1.82, 2.24) is 9.62 Å². The maximum Gasteiger partial charge on any atom is 0.338 e. The fraction of sp³-hybridized carbons (Fsp3) is 0.364. The van der Waals surface area contributed by atoms with Gasteiger partial charge in [0.15, 0.2) is 6.61 Å². The Labute approximate surface area is 177 Å². The summed E-state index contributed by atoms with van der Waals surface area (Å²) in [6.07, 6.45) is 0.663. The van der Waals surface area contributed by atoms with Crippen LogP contribution in [-0.2, 0) is 32.5 Å². The molecule has 1 amide bonds. The van der Waals surface area contributed by atoms with Gasteiger partial charge < -0.3 is 10.1 Å². The fourth-order valence-corrected chi connectivity index (χ4v) is 4.67. The number of amides is 1. The number of benzene rings is 2. The molecule has 0 saturated carbocycles. The highest BCUT2D eigenvalue weighted by atomic mass is 32.2. The summed E-state index contributed by atoms with van der Waals surface area (Å²) in [6.45, 7) is 5.81. The summed E-state index contributed by atoms with van der Waals surface area (Å²) in [5, 5.41) is 2.70. The maximum absolute atomic E-state index is 13.0. The average molecular weight is 431 g/mol. The SMILES string of the molecule is CC(C)(C)NC(=O)COC(=O)c1ccc(S(=O)(=O)N2CCc3ccccc3C2)cc1. The van der Waals surface area contributed by atoms with E-state index in [1.54, 1.807) is 0 Å². The molecular weight excluding hydrogens is 404 g/mol. The minimum Gasteiger partial charge on any atom is -0.452 e. The van der Waals surface area contributed by atoms with E-state index in [0.29, 0.717) is 19.5 Å². The predicted molar refractivity (Wildman–Crippen MR) is 112 cm³/mol. The monoisotopic (exact) mass is 430 g/mol. The smallest absolute Gasteiger partial charge is 0.338 e. The number of sulfonamides is 1. The zero-order valence-electron chi connectivity index (χ0n) is 17.3. The van der Waals surface area contributed by atoms with E-state index in [9.17, 15) is 18.0 Å². The number of nitrogens with one attached hydrogen (secondary N) is 1. The van der Waals surface area contributed by atoms with Crippen LogP contribution in [0.15, 0.2) is 53.4 Å². The van der Waals surface area contributed by atoms with Crippen molar-refractivity contribution in [3.05, 3.63) is 65.2 Å². The zero-order chi connectivity index (χ0) is 21.9. The number of nitrogens with zero attached hydrogens (tertiary/aromatic N) is 1. The van der Waals surface area contributed by atoms with Crippen LogP contribution in [0.3, 0.4) is 0 Å². The Hall–Kier alpha value is -2.71. The van der Waals surface area contributed by atoms with Crippen LogP contribution >= 0.6 is 0 Å². The van der Waals surface area contributed by atoms with Gasteiger partial charge in [0.2, 0.25) is 10.0 Å². The summed E-state index contributed by atoms with van der Waals surface area (Å²) >= 11 is 0. The quantitative estimate of drug-likeness (QED) is 0.736. The van der Waals surface area contributed by atoms with Crippen molar-refractivity contribution >= 4 is 21.9 Å². The molecule has 0 radical (unpaired) electrons. The van der Waals surface area contributed by atoms with E-state index in [-0.39, 0.29) is 10.5 Å². The number of carbonyl (C=O) groups is 2. The van der Waals surface area contributed by atoms with E-state index in [0.717, 1.165) is 11.1 Å². The van der Waals surface area contributed by atoms with Crippen molar-refractivity contribution in [2.75, 3.05) is 13.2 Å². The standard InChI is InChI=1S/C22H26N2O5S/c1-22(2,3)23-20(25)15-29-21(26)17-8-10-19(11-9-17)30(27,28)24-13-12-16-6-4-5-7-18(16)14-24/h4-11H,12-15H2,1-3H3,(H,23,25). The summed E-state index contributed by atoms with van der Waals surface area (Å²) in [7, 11) is -3.68. The molecule has 8 heteroatoms. The van der Waals surface area contributed by atoms with Crippen molar-refractivity contribution in [3.63, 3.8) is 0 Å². The molecule has 1 aliphatic rings. The predicted octanol–water partition coefficient (Wildman–Crippen LogP) is 2.51. The molecule has 30 heavy (non-hydrogen) atoms. The minimum atomic E-state index is -3.68. The average Bonchev–Trinajstić information content (AvgIpc) is 2.70. The molecule has 3 rings (SSSR count). The van der Waals surface area contributed by atoms with Crippen LogP contribution in [0, 0.1) is 0 Å². The molecule has 0 unspecified atom stereocenters. The van der Waals surface area contributed by atoms with Gasteiger partial charge in [0.25, 0.3) is 5.91 Å². The van der Waals surface area contributed by atoms with Gasteiger partial charge in [-0.1, -0.05) is 24.3 Å². The first-order valence-corrected chi connectivity index (χ1v) is 11.2. The minimum absolute atomic E-state index is 0.115. The van der Waals surface area contributed by atoms with Crippen LogP contribution in [-0.4, -0.2) is 43.3 Å². The van der Waals surface area contributed by atoms with Gasteiger partial charge in [-0.2, -0.15) is 4.31 Å². The highest BCUT2D eigenvalue weighted by Crippen LogP contribution is 2.25. The van der Waals surface area contributed by atoms with E-state index in [4.69, 9.17) is 4.74 Å². The summed E-state index contributed by atoms with van der Waals surface area (Å²) < 4.78 is 32.4. The van der Waals surface area contributed by atoms with E-state index in [2.05, 4.69) is 5.32 Å². The molecule has 160 valence electrons. The Morgan fingerprint density at radius 3 is 2.30 bits per heavy atom. The highest BCUT2D eigenvalue weighted by molar-refractivity contribution is 7.89. The van der Waals surface area contributed by atoms with Crippen LogP contribution in [0.1, 0.15) is 42.3 Å². The van der Waals surface area contributed by atoms with Crippen LogP contribution in [0.2, 0.25) is 0 Å². The summed E-state index contributed by atoms with van der Waals surface area (Å²) in [4.78, 5) is 24.0. The molecule has 0 fully saturated rings. The molecule has 0 atom stereocenters. The van der Waals surface area contributed by atoms with Gasteiger partial charge in [-0.25, -0.2) is 13.2 Å². The molecule has 0 aromatic heterocycles. The first-order valence-electron chi connectivity index (χ1n) is 9.71. The van der Waals surface area contributed by atoms with Gasteiger partial charge in [-0.05, 0) is 62.6 Å². The van der Waals surface area contributed by atoms with Crippen molar-refractivity contribution in [2.24, 2.45) is 0 Å². The molecule has 1 heterocycles. The van der Waals surface area contributed by atoms with E-state index < -0.39 is 34.0 Å². The third-order valence-electron chi connectivity index (χ3n) is 4.67. The molecule has 0 bridgehead atoms.